The van der Waals surface area contributed by atoms with Gasteiger partial charge in [0, 0.05) is 9.92 Å². The first-order valence-electron chi connectivity index (χ1n) is 5.11. The Hall–Kier alpha value is -0.920. The van der Waals surface area contributed by atoms with Gasteiger partial charge in [-0.15, -0.1) is 11.8 Å². The summed E-state index contributed by atoms with van der Waals surface area (Å²) in [5, 5.41) is 0.787. The van der Waals surface area contributed by atoms with E-state index in [0.29, 0.717) is 0 Å². The molecule has 0 atom stereocenters. The van der Waals surface area contributed by atoms with E-state index in [9.17, 15) is 0 Å². The summed E-state index contributed by atoms with van der Waals surface area (Å²) in [7, 11) is 0. The molecular weight excluding hydrogens is 236 g/mol. The van der Waals surface area contributed by atoms with E-state index in [1.165, 1.54) is 21.6 Å². The van der Waals surface area contributed by atoms with Crippen LogP contribution in [0.3, 0.4) is 0 Å². The molecule has 0 saturated heterocycles. The lowest BCUT2D eigenvalue weighted by Gasteiger charge is -2.07. The predicted octanol–water partition coefficient (Wildman–Crippen LogP) is 5.04. The highest BCUT2D eigenvalue weighted by Crippen LogP contribution is 2.29. The van der Waals surface area contributed by atoms with Crippen LogP contribution in [0.25, 0.3) is 11.1 Å². The second-order valence-electron chi connectivity index (χ2n) is 3.69. The number of benzene rings is 2. The average molecular weight is 249 g/mol. The van der Waals surface area contributed by atoms with E-state index < -0.39 is 0 Å². The van der Waals surface area contributed by atoms with Gasteiger partial charge < -0.3 is 0 Å². The quantitative estimate of drug-likeness (QED) is 0.671. The Labute approximate surface area is 106 Å². The van der Waals surface area contributed by atoms with E-state index in [1.807, 2.05) is 12.1 Å². The van der Waals surface area contributed by atoms with Crippen LogP contribution < -0.4 is 0 Å². The maximum absolute atomic E-state index is 6.04. The third kappa shape index (κ3) is 2.42. The number of halogens is 1. The number of rotatable bonds is 2. The van der Waals surface area contributed by atoms with Gasteiger partial charge in [0.25, 0.3) is 0 Å². The monoisotopic (exact) mass is 248 g/mol. The molecule has 0 nitrogen and oxygen atoms in total. The zero-order valence-electron chi connectivity index (χ0n) is 9.33. The maximum Gasteiger partial charge on any atom is 0.0412 e. The SMILES string of the molecule is CSc1cccc(-c2cc(Cl)ccc2C)c1. The van der Waals surface area contributed by atoms with Crippen molar-refractivity contribution in [1.82, 2.24) is 0 Å². The highest BCUT2D eigenvalue weighted by molar-refractivity contribution is 7.98. The van der Waals surface area contributed by atoms with Crippen molar-refractivity contribution in [2.45, 2.75) is 11.8 Å². The molecule has 82 valence electrons. The molecule has 0 heterocycles. The fourth-order valence-electron chi connectivity index (χ4n) is 1.70. The summed E-state index contributed by atoms with van der Waals surface area (Å²) < 4.78 is 0. The van der Waals surface area contributed by atoms with Gasteiger partial charge in [0.1, 0.15) is 0 Å². The lowest BCUT2D eigenvalue weighted by atomic mass is 10.0. The van der Waals surface area contributed by atoms with Crippen LogP contribution in [0.1, 0.15) is 5.56 Å². The van der Waals surface area contributed by atoms with Crippen molar-refractivity contribution in [2.24, 2.45) is 0 Å². The van der Waals surface area contributed by atoms with Gasteiger partial charge in [-0.3, -0.25) is 0 Å². The van der Waals surface area contributed by atoms with E-state index >= 15 is 0 Å². The summed E-state index contributed by atoms with van der Waals surface area (Å²) in [6.45, 7) is 2.11. The highest BCUT2D eigenvalue weighted by atomic mass is 35.5. The minimum absolute atomic E-state index is 0.787. The first-order chi connectivity index (χ1) is 7.70. The second-order valence-corrected chi connectivity index (χ2v) is 5.01. The standard InChI is InChI=1S/C14H13ClS/c1-10-6-7-12(15)9-14(10)11-4-3-5-13(8-11)16-2/h3-9H,1-2H3. The van der Waals surface area contributed by atoms with E-state index in [4.69, 9.17) is 11.6 Å². The molecule has 2 heteroatoms. The van der Waals surface area contributed by atoms with Gasteiger partial charge in [-0.2, -0.15) is 0 Å². The van der Waals surface area contributed by atoms with E-state index in [2.05, 4.69) is 43.5 Å². The van der Waals surface area contributed by atoms with E-state index in [0.717, 1.165) is 5.02 Å². The first kappa shape index (κ1) is 11.6. The van der Waals surface area contributed by atoms with Crippen molar-refractivity contribution in [1.29, 1.82) is 0 Å². The molecule has 2 aromatic carbocycles. The molecule has 0 radical (unpaired) electrons. The van der Waals surface area contributed by atoms with Crippen molar-refractivity contribution in [2.75, 3.05) is 6.26 Å². The molecule has 0 aliphatic rings. The van der Waals surface area contributed by atoms with Crippen molar-refractivity contribution in [3.05, 3.63) is 53.1 Å². The zero-order valence-corrected chi connectivity index (χ0v) is 10.9. The topological polar surface area (TPSA) is 0 Å². The maximum atomic E-state index is 6.04. The Kier molecular flexibility index (Phi) is 3.57. The van der Waals surface area contributed by atoms with Crippen LogP contribution >= 0.6 is 23.4 Å². The molecule has 2 aromatic rings. The highest BCUT2D eigenvalue weighted by Gasteiger charge is 2.03. The summed E-state index contributed by atoms with van der Waals surface area (Å²) in [5.74, 6) is 0. The van der Waals surface area contributed by atoms with Gasteiger partial charge in [-0.1, -0.05) is 29.8 Å². The molecule has 0 aliphatic carbocycles. The molecule has 16 heavy (non-hydrogen) atoms. The fourth-order valence-corrected chi connectivity index (χ4v) is 2.33. The van der Waals surface area contributed by atoms with Gasteiger partial charge in [0.15, 0.2) is 0 Å². The van der Waals surface area contributed by atoms with Crippen LogP contribution in [0.2, 0.25) is 5.02 Å². The van der Waals surface area contributed by atoms with Gasteiger partial charge >= 0.3 is 0 Å². The molecule has 0 spiro atoms. The second kappa shape index (κ2) is 4.94. The molecule has 0 fully saturated rings. The Balaban J connectivity index is 2.53. The van der Waals surface area contributed by atoms with Gasteiger partial charge in [0.05, 0.1) is 0 Å². The minimum atomic E-state index is 0.787. The third-order valence-corrected chi connectivity index (χ3v) is 3.54. The van der Waals surface area contributed by atoms with Gasteiger partial charge in [-0.25, -0.2) is 0 Å². The molecule has 2 rings (SSSR count). The van der Waals surface area contributed by atoms with Crippen LogP contribution in [0, 0.1) is 6.92 Å². The molecule has 0 unspecified atom stereocenters. The summed E-state index contributed by atoms with van der Waals surface area (Å²) >= 11 is 7.79. The number of hydrogen-bond acceptors (Lipinski definition) is 1. The molecule has 0 N–H and O–H groups in total. The van der Waals surface area contributed by atoms with Gasteiger partial charge in [0.2, 0.25) is 0 Å². The summed E-state index contributed by atoms with van der Waals surface area (Å²) in [5.41, 5.74) is 3.69. The Morgan fingerprint density at radius 1 is 1.06 bits per heavy atom. The first-order valence-corrected chi connectivity index (χ1v) is 6.71. The normalized spacial score (nSPS) is 10.4. The third-order valence-electron chi connectivity index (χ3n) is 2.58. The number of aryl methyl sites for hydroxylation is 1. The van der Waals surface area contributed by atoms with E-state index in [-0.39, 0.29) is 0 Å². The molecule has 0 aliphatic heterocycles. The molecule has 0 saturated carbocycles. The average Bonchev–Trinajstić information content (AvgIpc) is 2.32. The van der Waals surface area contributed by atoms with E-state index in [1.54, 1.807) is 11.8 Å². The van der Waals surface area contributed by atoms with Crippen LogP contribution in [-0.4, -0.2) is 6.26 Å². The molecule has 0 bridgehead atoms. The van der Waals surface area contributed by atoms with Crippen molar-refractivity contribution < 1.29 is 0 Å². The molecular formula is C14H13ClS. The smallest absolute Gasteiger partial charge is 0.0412 e. The Morgan fingerprint density at radius 3 is 2.62 bits per heavy atom. The number of thioether (sulfide) groups is 1. The van der Waals surface area contributed by atoms with Crippen molar-refractivity contribution in [3.8, 4) is 11.1 Å². The van der Waals surface area contributed by atoms with Crippen LogP contribution in [0.5, 0.6) is 0 Å². The molecule has 0 aromatic heterocycles. The predicted molar refractivity (Wildman–Crippen MR) is 73.4 cm³/mol. The molecule has 0 amide bonds. The van der Waals surface area contributed by atoms with Crippen LogP contribution in [0.4, 0.5) is 0 Å². The van der Waals surface area contributed by atoms with Crippen LogP contribution in [0.15, 0.2) is 47.4 Å². The summed E-state index contributed by atoms with van der Waals surface area (Å²) in [6, 6.07) is 14.5. The summed E-state index contributed by atoms with van der Waals surface area (Å²) in [4.78, 5) is 1.27. The Morgan fingerprint density at radius 2 is 1.88 bits per heavy atom. The zero-order chi connectivity index (χ0) is 11.5. The lowest BCUT2D eigenvalue weighted by Crippen LogP contribution is -1.83. The lowest BCUT2D eigenvalue weighted by molar-refractivity contribution is 1.42. The minimum Gasteiger partial charge on any atom is -0.130 e. The fraction of sp³-hybridized carbons (Fsp3) is 0.143. The Bertz CT molecular complexity index is 506. The van der Waals surface area contributed by atoms with Crippen LogP contribution in [-0.2, 0) is 0 Å². The largest absolute Gasteiger partial charge is 0.130 e. The van der Waals surface area contributed by atoms with Crippen molar-refractivity contribution >= 4 is 23.4 Å². The van der Waals surface area contributed by atoms with Gasteiger partial charge in [-0.05, 0) is 54.1 Å². The number of hydrogen-bond donors (Lipinski definition) is 0. The summed E-state index contributed by atoms with van der Waals surface area (Å²) in [6.07, 6.45) is 2.09. The van der Waals surface area contributed by atoms with Crippen molar-refractivity contribution in [3.63, 3.8) is 0 Å².